The molecule has 0 aliphatic heterocycles. The lowest BCUT2D eigenvalue weighted by molar-refractivity contribution is 0.208. The lowest BCUT2D eigenvalue weighted by atomic mass is 10.8. The van der Waals surface area contributed by atoms with Gasteiger partial charge in [0.15, 0.2) is 0 Å². The van der Waals surface area contributed by atoms with Gasteiger partial charge in [-0.1, -0.05) is 0 Å². The van der Waals surface area contributed by atoms with E-state index in [1.165, 1.54) is 0 Å². The van der Waals surface area contributed by atoms with Crippen LogP contribution in [0.5, 0.6) is 0 Å². The zero-order chi connectivity index (χ0) is 7.82. The third kappa shape index (κ3) is 6.35. The lowest BCUT2D eigenvalue weighted by Crippen LogP contribution is -2.09. The molecule has 0 aliphatic carbocycles. The van der Waals surface area contributed by atoms with Gasteiger partial charge >= 0.3 is 8.60 Å². The van der Waals surface area contributed by atoms with Crippen LogP contribution in [-0.2, 0) is 9.05 Å². The molecule has 0 spiro atoms. The second kappa shape index (κ2) is 7.34. The average Bonchev–Trinajstić information content (AvgIpc) is 1.97. The predicted octanol–water partition coefficient (Wildman–Crippen LogP) is -0.844. The first-order valence-corrected chi connectivity index (χ1v) is 4.09. The third-order valence-corrected chi connectivity index (χ3v) is 1.45. The topological polar surface area (TPSA) is 90.7 Å². The van der Waals surface area contributed by atoms with E-state index in [-0.39, 0.29) is 0 Å². The molecule has 0 unspecified atom stereocenters. The molecule has 0 aromatic carbocycles. The molecule has 0 amide bonds. The first kappa shape index (κ1) is 10.2. The van der Waals surface area contributed by atoms with E-state index in [1.807, 2.05) is 0 Å². The Labute approximate surface area is 61.3 Å². The second-order valence-corrected chi connectivity index (χ2v) is 2.47. The van der Waals surface area contributed by atoms with Crippen LogP contribution in [0.2, 0.25) is 0 Å². The first-order valence-electron chi connectivity index (χ1n) is 2.96. The molecule has 0 rings (SSSR count). The maximum absolute atomic E-state index is 8.82. The maximum Gasteiger partial charge on any atom is 0.329 e. The molecule has 6 heteroatoms. The molecule has 0 saturated carbocycles. The molecule has 5 N–H and O–H groups in total. The maximum atomic E-state index is 8.82. The van der Waals surface area contributed by atoms with Crippen LogP contribution in [-0.4, -0.2) is 31.2 Å². The molecule has 0 saturated heterocycles. The SMILES string of the molecule is NCCOP(O)OCCN. The van der Waals surface area contributed by atoms with Crippen LogP contribution in [0.1, 0.15) is 0 Å². The standard InChI is InChI=1S/C4H13N2O3P/c5-1-3-8-10(7)9-4-2-6/h7H,1-6H2. The van der Waals surface area contributed by atoms with Gasteiger partial charge in [0.25, 0.3) is 0 Å². The van der Waals surface area contributed by atoms with E-state index < -0.39 is 8.60 Å². The lowest BCUT2D eigenvalue weighted by Gasteiger charge is -2.07. The van der Waals surface area contributed by atoms with Gasteiger partial charge in [0.1, 0.15) is 0 Å². The Balaban J connectivity index is 3.00. The van der Waals surface area contributed by atoms with Gasteiger partial charge in [0, 0.05) is 13.1 Å². The van der Waals surface area contributed by atoms with Crippen molar-refractivity contribution in [2.75, 3.05) is 26.3 Å². The van der Waals surface area contributed by atoms with Crippen molar-refractivity contribution < 1.29 is 13.9 Å². The van der Waals surface area contributed by atoms with Crippen molar-refractivity contribution in [3.8, 4) is 0 Å². The summed E-state index contributed by atoms with van der Waals surface area (Å²) in [4.78, 5) is 8.82. The molecule has 0 atom stereocenters. The van der Waals surface area contributed by atoms with Crippen LogP contribution in [0.25, 0.3) is 0 Å². The molecule has 10 heavy (non-hydrogen) atoms. The summed E-state index contributed by atoms with van der Waals surface area (Å²) in [5, 5.41) is 0. The van der Waals surface area contributed by atoms with Crippen LogP contribution in [0.15, 0.2) is 0 Å². The zero-order valence-corrected chi connectivity index (χ0v) is 6.59. The molecule has 0 aromatic heterocycles. The molecule has 0 radical (unpaired) electrons. The van der Waals surface area contributed by atoms with Crippen LogP contribution in [0.3, 0.4) is 0 Å². The van der Waals surface area contributed by atoms with E-state index in [2.05, 4.69) is 0 Å². The van der Waals surface area contributed by atoms with Gasteiger partial charge in [-0.2, -0.15) is 0 Å². The highest BCUT2D eigenvalue weighted by Crippen LogP contribution is 2.31. The molecular formula is C4H13N2O3P. The smallest absolute Gasteiger partial charge is 0.328 e. The minimum Gasteiger partial charge on any atom is -0.328 e. The van der Waals surface area contributed by atoms with Crippen LogP contribution >= 0.6 is 8.60 Å². The van der Waals surface area contributed by atoms with Gasteiger partial charge in [-0.3, -0.25) is 0 Å². The Morgan fingerprint density at radius 1 is 1.10 bits per heavy atom. The summed E-state index contributed by atoms with van der Waals surface area (Å²) < 4.78 is 9.42. The van der Waals surface area contributed by atoms with Crippen molar-refractivity contribution in [3.05, 3.63) is 0 Å². The Morgan fingerprint density at radius 2 is 1.50 bits per heavy atom. The van der Waals surface area contributed by atoms with Gasteiger partial charge in [0.2, 0.25) is 0 Å². The minimum atomic E-state index is -1.75. The van der Waals surface area contributed by atoms with Crippen molar-refractivity contribution in [2.45, 2.75) is 0 Å². The largest absolute Gasteiger partial charge is 0.329 e. The van der Waals surface area contributed by atoms with Crippen molar-refractivity contribution in [3.63, 3.8) is 0 Å². The van der Waals surface area contributed by atoms with E-state index in [1.54, 1.807) is 0 Å². The van der Waals surface area contributed by atoms with E-state index in [0.29, 0.717) is 26.3 Å². The molecule has 0 bridgehead atoms. The molecule has 62 valence electrons. The van der Waals surface area contributed by atoms with Crippen LogP contribution in [0.4, 0.5) is 0 Å². The summed E-state index contributed by atoms with van der Waals surface area (Å²) in [5.41, 5.74) is 10.2. The highest BCUT2D eigenvalue weighted by Gasteiger charge is 2.03. The number of rotatable bonds is 6. The van der Waals surface area contributed by atoms with Gasteiger partial charge in [-0.05, 0) is 0 Å². The fraction of sp³-hybridized carbons (Fsp3) is 1.00. The fourth-order valence-corrected chi connectivity index (χ4v) is 0.897. The second-order valence-electron chi connectivity index (χ2n) is 1.48. The minimum absolute atomic E-state index is 0.312. The van der Waals surface area contributed by atoms with E-state index in [0.717, 1.165) is 0 Å². The van der Waals surface area contributed by atoms with Crippen molar-refractivity contribution in [2.24, 2.45) is 11.5 Å². The highest BCUT2D eigenvalue weighted by atomic mass is 31.2. The Hall–Kier alpha value is 0.230. The average molecular weight is 168 g/mol. The Bertz CT molecular complexity index is 67.5. The summed E-state index contributed by atoms with van der Waals surface area (Å²) in [6.45, 7) is 1.39. The predicted molar refractivity (Wildman–Crippen MR) is 39.2 cm³/mol. The molecule has 0 fully saturated rings. The summed E-state index contributed by atoms with van der Waals surface area (Å²) in [5.74, 6) is 0. The normalized spacial score (nSPS) is 10.8. The monoisotopic (exact) mass is 168 g/mol. The molecule has 0 aromatic rings. The van der Waals surface area contributed by atoms with E-state index in [9.17, 15) is 0 Å². The summed E-state index contributed by atoms with van der Waals surface area (Å²) >= 11 is 0. The number of nitrogens with two attached hydrogens (primary N) is 2. The van der Waals surface area contributed by atoms with Crippen molar-refractivity contribution in [1.82, 2.24) is 0 Å². The summed E-state index contributed by atoms with van der Waals surface area (Å²) in [7, 11) is -1.75. The highest BCUT2D eigenvalue weighted by molar-refractivity contribution is 7.40. The molecular weight excluding hydrogens is 155 g/mol. The number of hydrogen-bond acceptors (Lipinski definition) is 5. The van der Waals surface area contributed by atoms with Gasteiger partial charge in [-0.25, -0.2) is 0 Å². The molecule has 5 nitrogen and oxygen atoms in total. The Morgan fingerprint density at radius 3 is 1.80 bits per heavy atom. The summed E-state index contributed by atoms with van der Waals surface area (Å²) in [6.07, 6.45) is 0. The van der Waals surface area contributed by atoms with E-state index >= 15 is 0 Å². The Kier molecular flexibility index (Phi) is 7.51. The fourth-order valence-electron chi connectivity index (χ4n) is 0.299. The molecule has 0 heterocycles. The zero-order valence-electron chi connectivity index (χ0n) is 5.69. The van der Waals surface area contributed by atoms with Crippen LogP contribution in [0, 0.1) is 0 Å². The number of hydrogen-bond donors (Lipinski definition) is 3. The summed E-state index contributed by atoms with van der Waals surface area (Å²) in [6, 6.07) is 0. The van der Waals surface area contributed by atoms with Gasteiger partial charge in [-0.15, -0.1) is 0 Å². The first-order chi connectivity index (χ1) is 4.81. The van der Waals surface area contributed by atoms with Gasteiger partial charge < -0.3 is 25.4 Å². The van der Waals surface area contributed by atoms with Gasteiger partial charge in [0.05, 0.1) is 13.2 Å². The van der Waals surface area contributed by atoms with E-state index in [4.69, 9.17) is 25.4 Å². The van der Waals surface area contributed by atoms with Crippen LogP contribution < -0.4 is 11.5 Å². The molecule has 0 aliphatic rings. The van der Waals surface area contributed by atoms with Crippen molar-refractivity contribution >= 4 is 8.60 Å². The quantitative estimate of drug-likeness (QED) is 0.449. The third-order valence-electron chi connectivity index (χ3n) is 0.639. The van der Waals surface area contributed by atoms with Crippen molar-refractivity contribution in [1.29, 1.82) is 0 Å².